The van der Waals surface area contributed by atoms with E-state index in [2.05, 4.69) is 10.3 Å². The van der Waals surface area contributed by atoms with Crippen molar-refractivity contribution < 1.29 is 23.1 Å². The first-order chi connectivity index (χ1) is 7.79. The fraction of sp³-hybridized carbons (Fsp3) is 0.222. The minimum absolute atomic E-state index is 0.117. The average molecular weight is 258 g/mol. The van der Waals surface area contributed by atoms with Gasteiger partial charge in [-0.15, -0.1) is 0 Å². The van der Waals surface area contributed by atoms with Gasteiger partial charge in [0.1, 0.15) is 6.42 Å². The maximum absolute atomic E-state index is 11.1. The number of hydrogen-bond donors (Lipinski definition) is 2. The lowest BCUT2D eigenvalue weighted by molar-refractivity contribution is -0.139. The lowest BCUT2D eigenvalue weighted by atomic mass is 10.3. The highest BCUT2D eigenvalue weighted by Gasteiger charge is 2.10. The Labute approximate surface area is 97.4 Å². The van der Waals surface area contributed by atoms with Gasteiger partial charge in [-0.25, -0.2) is 13.4 Å². The number of aliphatic carboxylic acids is 1. The van der Waals surface area contributed by atoms with Gasteiger partial charge in [0.2, 0.25) is 5.91 Å². The predicted molar refractivity (Wildman–Crippen MR) is 58.2 cm³/mol. The SMILES string of the molecule is CS(=O)(=O)c1ccc(NC(=O)CC(=O)O)cn1. The first-order valence-corrected chi connectivity index (χ1v) is 6.36. The number of carbonyl (C=O) groups is 2. The van der Waals surface area contributed by atoms with Crippen molar-refractivity contribution in [1.29, 1.82) is 0 Å². The van der Waals surface area contributed by atoms with Gasteiger partial charge < -0.3 is 10.4 Å². The van der Waals surface area contributed by atoms with Gasteiger partial charge >= 0.3 is 5.97 Å². The maximum Gasteiger partial charge on any atom is 0.312 e. The molecule has 0 atom stereocenters. The average Bonchev–Trinajstić information content (AvgIpc) is 2.15. The largest absolute Gasteiger partial charge is 0.481 e. The topological polar surface area (TPSA) is 113 Å². The second-order valence-corrected chi connectivity index (χ2v) is 5.24. The van der Waals surface area contributed by atoms with Crippen LogP contribution in [0, 0.1) is 0 Å². The van der Waals surface area contributed by atoms with Crippen molar-refractivity contribution in [3.63, 3.8) is 0 Å². The Kier molecular flexibility index (Phi) is 3.79. The van der Waals surface area contributed by atoms with Crippen molar-refractivity contribution in [2.45, 2.75) is 11.4 Å². The number of sulfone groups is 1. The van der Waals surface area contributed by atoms with E-state index in [9.17, 15) is 18.0 Å². The molecule has 0 saturated carbocycles. The Morgan fingerprint density at radius 2 is 2.06 bits per heavy atom. The number of aromatic nitrogens is 1. The molecule has 1 heterocycles. The maximum atomic E-state index is 11.1. The quantitative estimate of drug-likeness (QED) is 0.729. The molecule has 8 heteroatoms. The summed E-state index contributed by atoms with van der Waals surface area (Å²) in [5.74, 6) is -1.95. The summed E-state index contributed by atoms with van der Waals surface area (Å²) in [6.45, 7) is 0. The zero-order valence-electron chi connectivity index (χ0n) is 8.87. The molecule has 17 heavy (non-hydrogen) atoms. The molecule has 0 spiro atoms. The number of anilines is 1. The highest BCUT2D eigenvalue weighted by Crippen LogP contribution is 2.10. The molecule has 1 amide bonds. The van der Waals surface area contributed by atoms with Crippen molar-refractivity contribution in [3.05, 3.63) is 18.3 Å². The standard InChI is InChI=1S/C9H10N2O5S/c1-17(15,16)8-3-2-6(5-10-8)11-7(12)4-9(13)14/h2-3,5H,4H2,1H3,(H,11,12)(H,13,14). The molecule has 0 radical (unpaired) electrons. The highest BCUT2D eigenvalue weighted by atomic mass is 32.2. The van der Waals surface area contributed by atoms with Gasteiger partial charge in [-0.1, -0.05) is 0 Å². The molecule has 0 unspecified atom stereocenters. The Balaban J connectivity index is 2.76. The normalized spacial score (nSPS) is 10.9. The van der Waals surface area contributed by atoms with Crippen molar-refractivity contribution in [3.8, 4) is 0 Å². The molecule has 0 aliphatic carbocycles. The van der Waals surface area contributed by atoms with E-state index in [1.165, 1.54) is 12.1 Å². The highest BCUT2D eigenvalue weighted by molar-refractivity contribution is 7.90. The van der Waals surface area contributed by atoms with Gasteiger partial charge in [-0.2, -0.15) is 0 Å². The Morgan fingerprint density at radius 3 is 2.47 bits per heavy atom. The minimum atomic E-state index is -3.38. The summed E-state index contributed by atoms with van der Waals surface area (Å²) in [6.07, 6.45) is 1.50. The number of nitrogens with zero attached hydrogens (tertiary/aromatic N) is 1. The molecule has 92 valence electrons. The molecule has 0 aliphatic heterocycles. The molecule has 0 saturated heterocycles. The molecular weight excluding hydrogens is 248 g/mol. The number of carboxylic acids is 1. The third-order valence-electron chi connectivity index (χ3n) is 1.71. The number of carboxylic acid groups (broad SMARTS) is 1. The minimum Gasteiger partial charge on any atom is -0.481 e. The van der Waals surface area contributed by atoms with Gasteiger partial charge in [0.05, 0.1) is 11.9 Å². The summed E-state index contributed by atoms with van der Waals surface area (Å²) in [4.78, 5) is 24.9. The van der Waals surface area contributed by atoms with E-state index in [1.54, 1.807) is 0 Å². The molecule has 1 aromatic rings. The predicted octanol–water partition coefficient (Wildman–Crippen LogP) is -0.102. The number of rotatable bonds is 4. The number of carbonyl (C=O) groups excluding carboxylic acids is 1. The lowest BCUT2D eigenvalue weighted by Gasteiger charge is -2.03. The van der Waals surface area contributed by atoms with Crippen LogP contribution in [-0.2, 0) is 19.4 Å². The van der Waals surface area contributed by atoms with Crippen LogP contribution in [0.25, 0.3) is 0 Å². The van der Waals surface area contributed by atoms with Gasteiger partial charge in [-0.05, 0) is 12.1 Å². The number of amides is 1. The Bertz CT molecular complexity index is 535. The monoisotopic (exact) mass is 258 g/mol. The van der Waals surface area contributed by atoms with Crippen molar-refractivity contribution >= 4 is 27.4 Å². The molecule has 0 bridgehead atoms. The second kappa shape index (κ2) is 4.91. The molecular formula is C9H10N2O5S. The van der Waals surface area contributed by atoms with E-state index >= 15 is 0 Å². The van der Waals surface area contributed by atoms with E-state index < -0.39 is 28.1 Å². The molecule has 2 N–H and O–H groups in total. The summed E-state index contributed by atoms with van der Waals surface area (Å²) in [5.41, 5.74) is 0.239. The molecule has 1 aromatic heterocycles. The first kappa shape index (κ1) is 13.1. The van der Waals surface area contributed by atoms with Gasteiger partial charge in [0.15, 0.2) is 14.9 Å². The van der Waals surface area contributed by atoms with Crippen LogP contribution in [0.4, 0.5) is 5.69 Å². The fourth-order valence-corrected chi connectivity index (χ4v) is 1.58. The summed E-state index contributed by atoms with van der Waals surface area (Å²) >= 11 is 0. The fourth-order valence-electron chi connectivity index (χ4n) is 1.02. The van der Waals surface area contributed by atoms with Gasteiger partial charge in [0, 0.05) is 6.26 Å². The zero-order chi connectivity index (χ0) is 13.1. The van der Waals surface area contributed by atoms with Crippen molar-refractivity contribution in [1.82, 2.24) is 4.98 Å². The van der Waals surface area contributed by atoms with E-state index in [0.717, 1.165) is 12.5 Å². The molecule has 0 aliphatic rings. The summed E-state index contributed by atoms with van der Waals surface area (Å²) in [6, 6.07) is 2.56. The lowest BCUT2D eigenvalue weighted by Crippen LogP contribution is -2.16. The van der Waals surface area contributed by atoms with Crippen molar-refractivity contribution in [2.24, 2.45) is 0 Å². The van der Waals surface area contributed by atoms with Crippen LogP contribution in [0.1, 0.15) is 6.42 Å². The first-order valence-electron chi connectivity index (χ1n) is 4.47. The van der Waals surface area contributed by atoms with Crippen LogP contribution in [0.3, 0.4) is 0 Å². The van der Waals surface area contributed by atoms with Gasteiger partial charge in [0.25, 0.3) is 0 Å². The Hall–Kier alpha value is -1.96. The zero-order valence-corrected chi connectivity index (χ0v) is 9.69. The molecule has 7 nitrogen and oxygen atoms in total. The van der Waals surface area contributed by atoms with Crippen LogP contribution >= 0.6 is 0 Å². The Morgan fingerprint density at radius 1 is 1.41 bits per heavy atom. The molecule has 1 rings (SSSR count). The van der Waals surface area contributed by atoms with Crippen LogP contribution in [0.2, 0.25) is 0 Å². The van der Waals surface area contributed by atoms with Crippen molar-refractivity contribution in [2.75, 3.05) is 11.6 Å². The third kappa shape index (κ3) is 4.19. The number of pyridine rings is 1. The van der Waals surface area contributed by atoms with Crippen LogP contribution in [0.5, 0.6) is 0 Å². The van der Waals surface area contributed by atoms with Crippen LogP contribution in [-0.4, -0.2) is 36.6 Å². The number of nitrogens with one attached hydrogen (secondary N) is 1. The summed E-state index contributed by atoms with van der Waals surface area (Å²) < 4.78 is 22.2. The number of hydrogen-bond acceptors (Lipinski definition) is 5. The van der Waals surface area contributed by atoms with Crippen LogP contribution in [0.15, 0.2) is 23.4 Å². The smallest absolute Gasteiger partial charge is 0.312 e. The van der Waals surface area contributed by atoms with Gasteiger partial charge in [-0.3, -0.25) is 9.59 Å². The molecule has 0 aromatic carbocycles. The van der Waals surface area contributed by atoms with Crippen LogP contribution < -0.4 is 5.32 Å². The summed E-state index contributed by atoms with van der Waals surface area (Å²) in [7, 11) is -3.38. The van der Waals surface area contributed by atoms with E-state index in [-0.39, 0.29) is 10.7 Å². The molecule has 0 fully saturated rings. The van der Waals surface area contributed by atoms with E-state index in [4.69, 9.17) is 5.11 Å². The second-order valence-electron chi connectivity index (χ2n) is 3.28. The van der Waals surface area contributed by atoms with E-state index in [1.807, 2.05) is 0 Å². The summed E-state index contributed by atoms with van der Waals surface area (Å²) in [5, 5.41) is 10.5. The van der Waals surface area contributed by atoms with E-state index in [0.29, 0.717) is 0 Å². The third-order valence-corrected chi connectivity index (χ3v) is 2.71.